The Morgan fingerprint density at radius 3 is 2.28 bits per heavy atom. The maximum Gasteiger partial charge on any atom is 0.335 e. The van der Waals surface area contributed by atoms with Crippen molar-refractivity contribution in [3.8, 4) is 11.5 Å². The number of carbonyl (C=O) groups excluding carboxylic acids is 1. The van der Waals surface area contributed by atoms with Crippen LogP contribution in [0.5, 0.6) is 11.5 Å². The molecule has 18 heavy (non-hydrogen) atoms. The molecule has 0 saturated carbocycles. The number of aliphatic hydroxyl groups excluding tert-OH is 1. The van der Waals surface area contributed by atoms with Crippen LogP contribution in [0.3, 0.4) is 0 Å². The lowest BCUT2D eigenvalue weighted by Crippen LogP contribution is -2.11. The molecular formula is C12H13ClO5. The molecule has 0 radical (unpaired) electrons. The van der Waals surface area contributed by atoms with Crippen LogP contribution in [0, 0.1) is 0 Å². The zero-order valence-corrected chi connectivity index (χ0v) is 10.7. The van der Waals surface area contributed by atoms with E-state index < -0.39 is 18.2 Å². The number of halogens is 1. The van der Waals surface area contributed by atoms with E-state index in [-0.39, 0.29) is 6.42 Å². The number of esters is 1. The largest absolute Gasteiger partial charge is 0.495 e. The van der Waals surface area contributed by atoms with Crippen molar-refractivity contribution in [3.05, 3.63) is 22.7 Å². The second-order valence-electron chi connectivity index (χ2n) is 3.92. The van der Waals surface area contributed by atoms with Gasteiger partial charge in [0, 0.05) is 6.42 Å². The molecule has 0 bridgehead atoms. The average molecular weight is 273 g/mol. The van der Waals surface area contributed by atoms with Gasteiger partial charge in [0.15, 0.2) is 6.10 Å². The number of hydrogen-bond donors (Lipinski definition) is 1. The topological polar surface area (TPSA) is 65.0 Å². The van der Waals surface area contributed by atoms with E-state index in [0.717, 1.165) is 0 Å². The third-order valence-corrected chi connectivity index (χ3v) is 3.18. The summed E-state index contributed by atoms with van der Waals surface area (Å²) in [6.07, 6.45) is -1.37. The van der Waals surface area contributed by atoms with Crippen LogP contribution in [-0.2, 0) is 9.53 Å². The molecule has 0 aliphatic carbocycles. The SMILES string of the molecule is COc1cc(C2CC(O)C(=O)O2)cc(OC)c1Cl. The lowest BCUT2D eigenvalue weighted by molar-refractivity contribution is -0.147. The van der Waals surface area contributed by atoms with Crippen LogP contribution in [-0.4, -0.2) is 31.4 Å². The van der Waals surface area contributed by atoms with Crippen molar-refractivity contribution in [2.24, 2.45) is 0 Å². The molecule has 1 aromatic carbocycles. The zero-order chi connectivity index (χ0) is 13.3. The molecule has 0 aromatic heterocycles. The van der Waals surface area contributed by atoms with E-state index in [9.17, 15) is 9.90 Å². The molecule has 1 fully saturated rings. The molecule has 1 saturated heterocycles. The second-order valence-corrected chi connectivity index (χ2v) is 4.29. The minimum atomic E-state index is -1.08. The Bertz CT molecular complexity index is 449. The highest BCUT2D eigenvalue weighted by molar-refractivity contribution is 6.33. The van der Waals surface area contributed by atoms with Crippen LogP contribution in [0.2, 0.25) is 5.02 Å². The minimum Gasteiger partial charge on any atom is -0.495 e. The summed E-state index contributed by atoms with van der Waals surface area (Å²) in [6, 6.07) is 3.34. The van der Waals surface area contributed by atoms with E-state index in [1.807, 2.05) is 0 Å². The molecule has 6 heteroatoms. The van der Waals surface area contributed by atoms with Gasteiger partial charge in [-0.2, -0.15) is 0 Å². The molecule has 0 spiro atoms. The summed E-state index contributed by atoms with van der Waals surface area (Å²) in [5.41, 5.74) is 0.679. The first-order valence-corrected chi connectivity index (χ1v) is 5.74. The second kappa shape index (κ2) is 5.04. The van der Waals surface area contributed by atoms with Gasteiger partial charge in [-0.3, -0.25) is 0 Å². The van der Waals surface area contributed by atoms with Crippen molar-refractivity contribution in [2.45, 2.75) is 18.6 Å². The number of benzene rings is 1. The number of aliphatic hydroxyl groups is 1. The van der Waals surface area contributed by atoms with Crippen LogP contribution < -0.4 is 9.47 Å². The number of rotatable bonds is 3. The van der Waals surface area contributed by atoms with Gasteiger partial charge in [0.2, 0.25) is 0 Å². The van der Waals surface area contributed by atoms with Crippen molar-refractivity contribution in [3.63, 3.8) is 0 Å². The van der Waals surface area contributed by atoms with Crippen molar-refractivity contribution < 1.29 is 24.1 Å². The quantitative estimate of drug-likeness (QED) is 0.849. The molecule has 2 unspecified atom stereocenters. The molecule has 2 atom stereocenters. The summed E-state index contributed by atoms with van der Waals surface area (Å²) in [4.78, 5) is 11.2. The lowest BCUT2D eigenvalue weighted by Gasteiger charge is -2.14. The van der Waals surface area contributed by atoms with Gasteiger partial charge in [0.05, 0.1) is 14.2 Å². The van der Waals surface area contributed by atoms with Gasteiger partial charge in [0.1, 0.15) is 22.6 Å². The summed E-state index contributed by atoms with van der Waals surface area (Å²) in [5.74, 6) is 0.250. The fraction of sp³-hybridized carbons (Fsp3) is 0.417. The fourth-order valence-corrected chi connectivity index (χ4v) is 2.11. The summed E-state index contributed by atoms with van der Waals surface area (Å²) >= 11 is 6.04. The molecule has 1 aliphatic rings. The maximum atomic E-state index is 11.2. The van der Waals surface area contributed by atoms with E-state index in [0.29, 0.717) is 22.1 Å². The number of hydrogen-bond acceptors (Lipinski definition) is 5. The first kappa shape index (κ1) is 13.0. The summed E-state index contributed by atoms with van der Waals surface area (Å²) in [5, 5.41) is 9.73. The molecular weight excluding hydrogens is 260 g/mol. The molecule has 0 amide bonds. The van der Waals surface area contributed by atoms with Crippen LogP contribution in [0.1, 0.15) is 18.1 Å². The normalized spacial score (nSPS) is 22.8. The van der Waals surface area contributed by atoms with Crippen molar-refractivity contribution in [1.82, 2.24) is 0 Å². The van der Waals surface area contributed by atoms with Gasteiger partial charge in [-0.25, -0.2) is 4.79 Å². The average Bonchev–Trinajstić information content (AvgIpc) is 2.70. The van der Waals surface area contributed by atoms with Crippen molar-refractivity contribution >= 4 is 17.6 Å². The predicted molar refractivity (Wildman–Crippen MR) is 64.0 cm³/mol. The number of methoxy groups -OCH3 is 2. The highest BCUT2D eigenvalue weighted by Crippen LogP contribution is 2.40. The van der Waals surface area contributed by atoms with E-state index >= 15 is 0 Å². The highest BCUT2D eigenvalue weighted by Gasteiger charge is 2.34. The number of ether oxygens (including phenoxy) is 3. The Labute approximate surface area is 109 Å². The van der Waals surface area contributed by atoms with Crippen molar-refractivity contribution in [1.29, 1.82) is 0 Å². The Balaban J connectivity index is 2.37. The van der Waals surface area contributed by atoms with Crippen LogP contribution in [0.4, 0.5) is 0 Å². The van der Waals surface area contributed by atoms with Gasteiger partial charge in [-0.1, -0.05) is 11.6 Å². The molecule has 1 aliphatic heterocycles. The van der Waals surface area contributed by atoms with E-state index in [1.165, 1.54) is 14.2 Å². The van der Waals surface area contributed by atoms with Crippen molar-refractivity contribution in [2.75, 3.05) is 14.2 Å². The summed E-state index contributed by atoms with van der Waals surface area (Å²) in [6.45, 7) is 0. The third-order valence-electron chi connectivity index (χ3n) is 2.81. The smallest absolute Gasteiger partial charge is 0.335 e. The van der Waals surface area contributed by atoms with Crippen LogP contribution >= 0.6 is 11.6 Å². The Morgan fingerprint density at radius 2 is 1.89 bits per heavy atom. The first-order chi connectivity index (χ1) is 8.56. The predicted octanol–water partition coefficient (Wildman–Crippen LogP) is 1.71. The standard InChI is InChI=1S/C12H13ClO5/c1-16-9-3-6(4-10(17-2)11(9)13)8-5-7(14)12(15)18-8/h3-4,7-8,14H,5H2,1-2H3. The van der Waals surface area contributed by atoms with Gasteiger partial charge in [-0.15, -0.1) is 0 Å². The molecule has 5 nitrogen and oxygen atoms in total. The third kappa shape index (κ3) is 2.23. The Morgan fingerprint density at radius 1 is 1.33 bits per heavy atom. The molecule has 2 rings (SSSR count). The zero-order valence-electron chi connectivity index (χ0n) is 9.97. The van der Waals surface area contributed by atoms with E-state index in [2.05, 4.69) is 0 Å². The molecule has 1 N–H and O–H groups in total. The van der Waals surface area contributed by atoms with Gasteiger partial charge in [0.25, 0.3) is 0 Å². The molecule has 98 valence electrons. The number of cyclic esters (lactones) is 1. The van der Waals surface area contributed by atoms with Gasteiger partial charge in [-0.05, 0) is 17.7 Å². The Kier molecular flexibility index (Phi) is 3.63. The lowest BCUT2D eigenvalue weighted by atomic mass is 10.0. The monoisotopic (exact) mass is 272 g/mol. The summed E-state index contributed by atoms with van der Waals surface area (Å²) in [7, 11) is 2.97. The van der Waals surface area contributed by atoms with Gasteiger partial charge >= 0.3 is 5.97 Å². The molecule has 1 heterocycles. The van der Waals surface area contributed by atoms with E-state index in [1.54, 1.807) is 12.1 Å². The Hall–Kier alpha value is -1.46. The maximum absolute atomic E-state index is 11.2. The van der Waals surface area contributed by atoms with Crippen LogP contribution in [0.25, 0.3) is 0 Å². The van der Waals surface area contributed by atoms with Crippen LogP contribution in [0.15, 0.2) is 12.1 Å². The summed E-state index contributed by atoms with van der Waals surface area (Å²) < 4.78 is 15.3. The fourth-order valence-electron chi connectivity index (χ4n) is 1.85. The highest BCUT2D eigenvalue weighted by atomic mass is 35.5. The number of carbonyl (C=O) groups is 1. The van der Waals surface area contributed by atoms with Gasteiger partial charge < -0.3 is 19.3 Å². The first-order valence-electron chi connectivity index (χ1n) is 5.36. The molecule has 1 aromatic rings. The minimum absolute atomic E-state index is 0.215. The van der Waals surface area contributed by atoms with E-state index in [4.69, 9.17) is 25.8 Å².